The van der Waals surface area contributed by atoms with Gasteiger partial charge in [-0.15, -0.1) is 13.2 Å². The largest absolute Gasteiger partial charge is 0.525 e. The molecular weight excluding hydrogens is 364 g/mol. The van der Waals surface area contributed by atoms with E-state index in [-0.39, 0.29) is 0 Å². The standard InChI is InChI=1S/C6H4F7IO2/c7-4(5(8,9)10,1-3(14)2-15)16-6(11,12)13/h1,15H,2H2/b3-1-/t4-/m0/s1. The Hall–Kier alpha value is -0.100. The molecule has 1 atom stereocenters. The van der Waals surface area contributed by atoms with Crippen molar-refractivity contribution in [3.05, 3.63) is 9.66 Å². The lowest BCUT2D eigenvalue weighted by atomic mass is 10.2. The summed E-state index contributed by atoms with van der Waals surface area (Å²) in [5.74, 6) is -5.01. The molecule has 0 bridgehead atoms. The van der Waals surface area contributed by atoms with Crippen molar-refractivity contribution in [2.24, 2.45) is 0 Å². The first kappa shape index (κ1) is 15.9. The first-order valence-corrected chi connectivity index (χ1v) is 4.50. The number of ether oxygens (including phenoxy) is 1. The van der Waals surface area contributed by atoms with Crippen molar-refractivity contribution >= 4 is 22.6 Å². The number of aliphatic hydroxyl groups is 1. The fourth-order valence-corrected chi connectivity index (χ4v) is 0.985. The lowest BCUT2D eigenvalue weighted by Gasteiger charge is -2.25. The van der Waals surface area contributed by atoms with Crippen molar-refractivity contribution in [2.75, 3.05) is 6.61 Å². The average Bonchev–Trinajstić information content (AvgIpc) is 1.98. The zero-order valence-electron chi connectivity index (χ0n) is 7.16. The Morgan fingerprint density at radius 3 is 1.81 bits per heavy atom. The molecule has 0 amide bonds. The van der Waals surface area contributed by atoms with Crippen molar-refractivity contribution < 1.29 is 40.6 Å². The Labute approximate surface area is 98.2 Å². The summed E-state index contributed by atoms with van der Waals surface area (Å²) in [5, 5.41) is 8.32. The van der Waals surface area contributed by atoms with Crippen molar-refractivity contribution in [3.8, 4) is 0 Å². The molecular formula is C6H4F7IO2. The maximum absolute atomic E-state index is 13.0. The summed E-state index contributed by atoms with van der Waals surface area (Å²) in [6, 6.07) is 0. The van der Waals surface area contributed by atoms with E-state index < -0.39 is 34.7 Å². The molecule has 0 saturated heterocycles. The summed E-state index contributed by atoms with van der Waals surface area (Å²) in [5.41, 5.74) is 0. The number of rotatable bonds is 3. The summed E-state index contributed by atoms with van der Waals surface area (Å²) >= 11 is 1.05. The SMILES string of the molecule is OC/C(I)=C/[C@](F)(OC(F)(F)F)C(F)(F)F. The van der Waals surface area contributed by atoms with E-state index in [1.807, 2.05) is 0 Å². The van der Waals surface area contributed by atoms with Crippen LogP contribution in [0, 0.1) is 0 Å². The van der Waals surface area contributed by atoms with Crippen molar-refractivity contribution in [2.45, 2.75) is 18.4 Å². The molecule has 0 aliphatic carbocycles. The molecule has 0 heterocycles. The van der Waals surface area contributed by atoms with E-state index in [1.54, 1.807) is 0 Å². The van der Waals surface area contributed by atoms with Gasteiger partial charge in [0, 0.05) is 9.66 Å². The van der Waals surface area contributed by atoms with E-state index >= 15 is 0 Å². The minimum Gasteiger partial charge on any atom is -0.391 e. The molecule has 0 fully saturated rings. The Morgan fingerprint density at radius 2 is 1.56 bits per heavy atom. The molecule has 0 aliphatic rings. The van der Waals surface area contributed by atoms with Gasteiger partial charge in [0.25, 0.3) is 0 Å². The van der Waals surface area contributed by atoms with E-state index in [4.69, 9.17) is 5.11 Å². The zero-order chi connectivity index (χ0) is 13.2. The monoisotopic (exact) mass is 368 g/mol. The molecule has 0 aromatic heterocycles. The van der Waals surface area contributed by atoms with Gasteiger partial charge in [-0.25, -0.2) is 4.74 Å². The first-order valence-electron chi connectivity index (χ1n) is 3.42. The number of halogens is 8. The lowest BCUT2D eigenvalue weighted by molar-refractivity contribution is -0.432. The van der Waals surface area contributed by atoms with Crippen LogP contribution in [0.3, 0.4) is 0 Å². The minimum absolute atomic E-state index is 0.485. The average molecular weight is 368 g/mol. The van der Waals surface area contributed by atoms with E-state index in [0.29, 0.717) is 0 Å². The number of hydrogen-bond acceptors (Lipinski definition) is 2. The normalized spacial score (nSPS) is 18.4. The van der Waals surface area contributed by atoms with Crippen LogP contribution in [0.25, 0.3) is 0 Å². The Balaban J connectivity index is 5.22. The second-order valence-corrected chi connectivity index (χ2v) is 3.83. The van der Waals surface area contributed by atoms with Crippen LogP contribution in [0.4, 0.5) is 30.7 Å². The van der Waals surface area contributed by atoms with Crippen molar-refractivity contribution in [3.63, 3.8) is 0 Å². The second kappa shape index (κ2) is 5.04. The summed E-state index contributed by atoms with van der Waals surface area (Å²) in [6.07, 6.45) is -12.2. The topological polar surface area (TPSA) is 29.5 Å². The molecule has 0 spiro atoms. The van der Waals surface area contributed by atoms with E-state index in [2.05, 4.69) is 4.74 Å². The van der Waals surface area contributed by atoms with Gasteiger partial charge < -0.3 is 5.11 Å². The fourth-order valence-electron chi connectivity index (χ4n) is 0.585. The van der Waals surface area contributed by atoms with Crippen LogP contribution < -0.4 is 0 Å². The van der Waals surface area contributed by atoms with Gasteiger partial charge in [-0.05, 0) is 22.6 Å². The summed E-state index contributed by atoms with van der Waals surface area (Å²) in [7, 11) is 0. The molecule has 0 aliphatic heterocycles. The predicted octanol–water partition coefficient (Wildman–Crippen LogP) is 3.06. The Bertz CT molecular complexity index is 271. The number of alkyl halides is 7. The van der Waals surface area contributed by atoms with Crippen LogP contribution in [0.1, 0.15) is 0 Å². The van der Waals surface area contributed by atoms with Crippen LogP contribution in [0.2, 0.25) is 0 Å². The molecule has 96 valence electrons. The Kier molecular flexibility index (Phi) is 5.01. The molecule has 1 N–H and O–H groups in total. The summed E-state index contributed by atoms with van der Waals surface area (Å²) in [4.78, 5) is 0. The van der Waals surface area contributed by atoms with Crippen molar-refractivity contribution in [1.82, 2.24) is 0 Å². The zero-order valence-corrected chi connectivity index (χ0v) is 9.32. The third-order valence-corrected chi connectivity index (χ3v) is 1.80. The molecule has 0 unspecified atom stereocenters. The highest BCUT2D eigenvalue weighted by Gasteiger charge is 2.61. The Morgan fingerprint density at radius 1 is 1.12 bits per heavy atom. The van der Waals surface area contributed by atoms with Crippen LogP contribution in [0.5, 0.6) is 0 Å². The number of aliphatic hydroxyl groups excluding tert-OH is 1. The quantitative estimate of drug-likeness (QED) is 0.613. The van der Waals surface area contributed by atoms with Crippen LogP contribution in [-0.2, 0) is 4.74 Å². The smallest absolute Gasteiger partial charge is 0.391 e. The molecule has 0 aromatic carbocycles. The van der Waals surface area contributed by atoms with Gasteiger partial charge in [0.2, 0.25) is 0 Å². The first-order chi connectivity index (χ1) is 6.91. The molecule has 0 aromatic rings. The van der Waals surface area contributed by atoms with Gasteiger partial charge in [-0.3, -0.25) is 0 Å². The maximum atomic E-state index is 13.0. The van der Waals surface area contributed by atoms with Crippen LogP contribution in [-0.4, -0.2) is 30.1 Å². The molecule has 10 heteroatoms. The van der Waals surface area contributed by atoms with Gasteiger partial charge in [0.05, 0.1) is 6.61 Å². The van der Waals surface area contributed by atoms with Crippen molar-refractivity contribution in [1.29, 1.82) is 0 Å². The third-order valence-electron chi connectivity index (χ3n) is 1.14. The molecule has 0 saturated carbocycles. The van der Waals surface area contributed by atoms with Crippen LogP contribution >= 0.6 is 22.6 Å². The van der Waals surface area contributed by atoms with E-state index in [0.717, 1.165) is 22.6 Å². The highest BCUT2D eigenvalue weighted by molar-refractivity contribution is 14.1. The van der Waals surface area contributed by atoms with Gasteiger partial charge in [-0.1, -0.05) is 0 Å². The molecule has 16 heavy (non-hydrogen) atoms. The lowest BCUT2D eigenvalue weighted by Crippen LogP contribution is -2.45. The second-order valence-electron chi connectivity index (χ2n) is 2.44. The predicted molar refractivity (Wildman–Crippen MR) is 46.2 cm³/mol. The van der Waals surface area contributed by atoms with Gasteiger partial charge in [0.1, 0.15) is 0 Å². The van der Waals surface area contributed by atoms with E-state index in [9.17, 15) is 30.7 Å². The number of hydrogen-bond donors (Lipinski definition) is 1. The maximum Gasteiger partial charge on any atom is 0.525 e. The van der Waals surface area contributed by atoms with Gasteiger partial charge in [0.15, 0.2) is 0 Å². The summed E-state index contributed by atoms with van der Waals surface area (Å²) in [6.45, 7) is -1.04. The highest BCUT2D eigenvalue weighted by Crippen LogP contribution is 2.41. The highest BCUT2D eigenvalue weighted by atomic mass is 127. The summed E-state index contributed by atoms with van der Waals surface area (Å²) < 4.78 is 85.4. The minimum atomic E-state index is -5.91. The molecule has 2 nitrogen and oxygen atoms in total. The van der Waals surface area contributed by atoms with E-state index in [1.165, 1.54) is 0 Å². The van der Waals surface area contributed by atoms with Crippen LogP contribution in [0.15, 0.2) is 9.66 Å². The van der Waals surface area contributed by atoms with Gasteiger partial charge >= 0.3 is 18.4 Å². The molecule has 0 radical (unpaired) electrons. The third kappa shape index (κ3) is 4.82. The molecule has 0 rings (SSSR count). The fraction of sp³-hybridized carbons (Fsp3) is 0.667. The van der Waals surface area contributed by atoms with Gasteiger partial charge in [-0.2, -0.15) is 17.6 Å².